The van der Waals surface area contributed by atoms with Gasteiger partial charge in [0.05, 0.1) is 0 Å². The van der Waals surface area contributed by atoms with Crippen LogP contribution in [-0.4, -0.2) is 6.21 Å². The van der Waals surface area contributed by atoms with Gasteiger partial charge in [0.25, 0.3) is 0 Å². The van der Waals surface area contributed by atoms with E-state index in [4.69, 9.17) is 0 Å². The second kappa shape index (κ2) is 22.7. The fourth-order valence-corrected chi connectivity index (χ4v) is 0.220. The summed E-state index contributed by atoms with van der Waals surface area (Å²) in [4.78, 5) is 3.81. The highest BCUT2D eigenvalue weighted by molar-refractivity contribution is 5.54. The molecule has 0 aromatic carbocycles. The van der Waals surface area contributed by atoms with Crippen LogP contribution < -0.4 is 0 Å². The van der Waals surface area contributed by atoms with Crippen molar-refractivity contribution in [2.45, 2.75) is 48.0 Å². The van der Waals surface area contributed by atoms with Crippen molar-refractivity contribution in [2.24, 2.45) is 4.99 Å². The summed E-state index contributed by atoms with van der Waals surface area (Å²) in [6.07, 6.45) is 2.97. The van der Waals surface area contributed by atoms with E-state index in [2.05, 4.69) is 25.4 Å². The SMILES string of the molecule is C=C(C)N=CC.CC.CCC. The molecule has 0 spiro atoms. The first-order valence-corrected chi connectivity index (χ1v) is 4.33. The maximum atomic E-state index is 3.81. The average molecular weight is 157 g/mol. The Morgan fingerprint density at radius 3 is 1.64 bits per heavy atom. The second-order valence-electron chi connectivity index (χ2n) is 1.83. The number of hydrogen-bond acceptors (Lipinski definition) is 1. The van der Waals surface area contributed by atoms with Gasteiger partial charge in [-0.25, -0.2) is 0 Å². The van der Waals surface area contributed by atoms with Gasteiger partial charge < -0.3 is 0 Å². The lowest BCUT2D eigenvalue weighted by Gasteiger charge is -1.77. The Hall–Kier alpha value is -0.590. The molecule has 0 radical (unpaired) electrons. The molecule has 0 heterocycles. The summed E-state index contributed by atoms with van der Waals surface area (Å²) in [6.45, 7) is 15.5. The van der Waals surface area contributed by atoms with Gasteiger partial charge in [0.15, 0.2) is 0 Å². The largest absolute Gasteiger partial charge is 0.267 e. The Morgan fingerprint density at radius 1 is 1.36 bits per heavy atom. The highest BCUT2D eigenvalue weighted by atomic mass is 14.7. The van der Waals surface area contributed by atoms with Gasteiger partial charge in [-0.05, 0) is 13.8 Å². The zero-order valence-corrected chi connectivity index (χ0v) is 8.94. The second-order valence-corrected chi connectivity index (χ2v) is 1.83. The van der Waals surface area contributed by atoms with E-state index in [1.807, 2.05) is 27.7 Å². The highest BCUT2D eigenvalue weighted by Crippen LogP contribution is 1.82. The Balaban J connectivity index is -0.000000109. The van der Waals surface area contributed by atoms with E-state index < -0.39 is 0 Å². The van der Waals surface area contributed by atoms with Gasteiger partial charge in [0, 0.05) is 11.9 Å². The summed E-state index contributed by atoms with van der Waals surface area (Å²) in [5.41, 5.74) is 0.859. The molecule has 0 unspecified atom stereocenters. The van der Waals surface area contributed by atoms with Gasteiger partial charge in [-0.2, -0.15) is 0 Å². The molecule has 0 aliphatic carbocycles. The summed E-state index contributed by atoms with van der Waals surface area (Å²) >= 11 is 0. The molecule has 0 aromatic rings. The van der Waals surface area contributed by atoms with Crippen LogP contribution in [0.25, 0.3) is 0 Å². The molecule has 0 N–H and O–H groups in total. The van der Waals surface area contributed by atoms with Crippen LogP contribution in [0.2, 0.25) is 0 Å². The smallest absolute Gasteiger partial charge is 0.0296 e. The standard InChI is InChI=1S/C5H9N.C3H8.C2H6/c1-4-6-5(2)3;1-3-2;1-2/h4H,2H2,1,3H3;3H2,1-2H3;1-2H3. The molecule has 0 aliphatic heterocycles. The molecule has 0 fully saturated rings. The normalized spacial score (nSPS) is 7.45. The lowest BCUT2D eigenvalue weighted by atomic mass is 10.6. The van der Waals surface area contributed by atoms with Crippen LogP contribution in [0, 0.1) is 0 Å². The topological polar surface area (TPSA) is 12.4 Å². The lowest BCUT2D eigenvalue weighted by molar-refractivity contribution is 1.09. The molecule has 11 heavy (non-hydrogen) atoms. The molecule has 0 aromatic heterocycles. The Bertz CT molecular complexity index is 82.9. The third-order valence-electron chi connectivity index (χ3n) is 0.349. The molecule has 0 saturated carbocycles. The van der Waals surface area contributed by atoms with Crippen molar-refractivity contribution in [1.82, 2.24) is 0 Å². The summed E-state index contributed by atoms with van der Waals surface area (Å²) in [7, 11) is 0. The molecule has 0 amide bonds. The third-order valence-corrected chi connectivity index (χ3v) is 0.349. The fourth-order valence-electron chi connectivity index (χ4n) is 0.220. The predicted molar refractivity (Wildman–Crippen MR) is 56.3 cm³/mol. The molecule has 68 valence electrons. The molecule has 1 heteroatoms. The highest BCUT2D eigenvalue weighted by Gasteiger charge is 1.64. The van der Waals surface area contributed by atoms with Crippen molar-refractivity contribution < 1.29 is 0 Å². The summed E-state index contributed by atoms with van der Waals surface area (Å²) in [5.74, 6) is 0. The van der Waals surface area contributed by atoms with Crippen LogP contribution in [0.3, 0.4) is 0 Å². The van der Waals surface area contributed by atoms with Crippen molar-refractivity contribution in [3.63, 3.8) is 0 Å². The molecule has 0 atom stereocenters. The lowest BCUT2D eigenvalue weighted by Crippen LogP contribution is -1.60. The Kier molecular flexibility index (Phi) is 34.7. The van der Waals surface area contributed by atoms with Gasteiger partial charge in [0.1, 0.15) is 0 Å². The number of aliphatic imine (C=N–C) groups is 1. The van der Waals surface area contributed by atoms with Crippen molar-refractivity contribution >= 4 is 6.21 Å². The minimum absolute atomic E-state index is 0.859. The van der Waals surface area contributed by atoms with E-state index >= 15 is 0 Å². The Labute approximate surface area is 72.2 Å². The number of allylic oxidation sites excluding steroid dienone is 1. The van der Waals surface area contributed by atoms with Gasteiger partial charge in [-0.3, -0.25) is 4.99 Å². The first-order chi connectivity index (χ1) is 5.18. The van der Waals surface area contributed by atoms with Crippen LogP contribution in [-0.2, 0) is 0 Å². The molecule has 0 bridgehead atoms. The molecule has 0 aliphatic rings. The van der Waals surface area contributed by atoms with Crippen LogP contribution >= 0.6 is 0 Å². The Morgan fingerprint density at radius 2 is 1.64 bits per heavy atom. The van der Waals surface area contributed by atoms with Crippen LogP contribution in [0.4, 0.5) is 0 Å². The maximum absolute atomic E-state index is 3.81. The molecular formula is C10H23N. The van der Waals surface area contributed by atoms with Crippen molar-refractivity contribution in [3.05, 3.63) is 12.3 Å². The van der Waals surface area contributed by atoms with Crippen molar-refractivity contribution in [3.8, 4) is 0 Å². The maximum Gasteiger partial charge on any atom is 0.0296 e. The average Bonchev–Trinajstić information content (AvgIpc) is 1.93. The number of hydrogen-bond donors (Lipinski definition) is 0. The van der Waals surface area contributed by atoms with Crippen LogP contribution in [0.1, 0.15) is 48.0 Å². The fraction of sp³-hybridized carbons (Fsp3) is 0.700. The van der Waals surface area contributed by atoms with Gasteiger partial charge in [-0.1, -0.05) is 40.7 Å². The molecular weight excluding hydrogens is 134 g/mol. The summed E-state index contributed by atoms with van der Waals surface area (Å²) < 4.78 is 0. The van der Waals surface area contributed by atoms with Crippen LogP contribution in [0.15, 0.2) is 17.3 Å². The van der Waals surface area contributed by atoms with Crippen molar-refractivity contribution in [1.29, 1.82) is 0 Å². The van der Waals surface area contributed by atoms with Gasteiger partial charge >= 0.3 is 0 Å². The zero-order valence-electron chi connectivity index (χ0n) is 8.94. The van der Waals surface area contributed by atoms with E-state index in [-0.39, 0.29) is 0 Å². The van der Waals surface area contributed by atoms with E-state index in [1.165, 1.54) is 6.42 Å². The van der Waals surface area contributed by atoms with E-state index in [0.29, 0.717) is 0 Å². The quantitative estimate of drug-likeness (QED) is 0.509. The third kappa shape index (κ3) is 89.0. The van der Waals surface area contributed by atoms with E-state index in [1.54, 1.807) is 6.21 Å². The molecule has 0 saturated heterocycles. The minimum atomic E-state index is 0.859. The van der Waals surface area contributed by atoms with Crippen LogP contribution in [0.5, 0.6) is 0 Å². The van der Waals surface area contributed by atoms with Gasteiger partial charge in [0.2, 0.25) is 0 Å². The number of rotatable bonds is 1. The minimum Gasteiger partial charge on any atom is -0.267 e. The van der Waals surface area contributed by atoms with E-state index in [0.717, 1.165) is 5.70 Å². The predicted octanol–water partition coefficient (Wildman–Crippen LogP) is 4.05. The molecule has 1 nitrogen and oxygen atoms in total. The van der Waals surface area contributed by atoms with Crippen molar-refractivity contribution in [2.75, 3.05) is 0 Å². The van der Waals surface area contributed by atoms with Gasteiger partial charge in [-0.15, -0.1) is 0 Å². The zero-order chi connectivity index (χ0) is 9.70. The monoisotopic (exact) mass is 157 g/mol. The number of nitrogens with zero attached hydrogens (tertiary/aromatic N) is 1. The summed E-state index contributed by atoms with van der Waals surface area (Å²) in [5, 5.41) is 0. The van der Waals surface area contributed by atoms with E-state index in [9.17, 15) is 0 Å². The first-order valence-electron chi connectivity index (χ1n) is 4.33. The molecule has 0 rings (SSSR count). The summed E-state index contributed by atoms with van der Waals surface area (Å²) in [6, 6.07) is 0. The first kappa shape index (κ1) is 16.8.